The number of nitrogens with zero attached hydrogens (tertiary/aromatic N) is 2. The van der Waals surface area contributed by atoms with Gasteiger partial charge < -0.3 is 15.0 Å². The second kappa shape index (κ2) is 10.3. The van der Waals surface area contributed by atoms with E-state index in [0.717, 1.165) is 16.8 Å². The number of carbonyl (C=O) groups excluding carboxylic acids is 2. The molecule has 0 fully saturated rings. The van der Waals surface area contributed by atoms with Gasteiger partial charge >= 0.3 is 5.97 Å². The van der Waals surface area contributed by atoms with E-state index in [2.05, 4.69) is 5.32 Å². The summed E-state index contributed by atoms with van der Waals surface area (Å²) in [4.78, 5) is 32.6. The van der Waals surface area contributed by atoms with Crippen LogP contribution in [0.5, 0.6) is 0 Å². The van der Waals surface area contributed by atoms with Crippen LogP contribution in [0.4, 0.5) is 0 Å². The minimum absolute atomic E-state index is 0.0981. The third-order valence-corrected chi connectivity index (χ3v) is 6.50. The number of aliphatic imine (C=N–C) groups is 1. The molecule has 4 rings (SSSR count). The molecule has 0 spiro atoms. The predicted octanol–water partition coefficient (Wildman–Crippen LogP) is 5.14. The molecule has 6 nitrogen and oxygen atoms in total. The first kappa shape index (κ1) is 23.1. The third-order valence-electron chi connectivity index (χ3n) is 5.27. The van der Waals surface area contributed by atoms with Crippen molar-refractivity contribution in [2.24, 2.45) is 4.99 Å². The first-order valence-electron chi connectivity index (χ1n) is 10.8. The Labute approximate surface area is 202 Å². The minimum atomic E-state index is -0.587. The number of ether oxygens (including phenoxy) is 1. The van der Waals surface area contributed by atoms with Gasteiger partial charge in [0.2, 0.25) is 5.91 Å². The first-order valence-corrected chi connectivity index (χ1v) is 12.0. The fourth-order valence-electron chi connectivity index (χ4n) is 3.90. The Morgan fingerprint density at radius 1 is 1.12 bits per heavy atom. The molecule has 0 bridgehead atoms. The van der Waals surface area contributed by atoms with Crippen molar-refractivity contribution in [2.75, 3.05) is 13.2 Å². The van der Waals surface area contributed by atoms with E-state index < -0.39 is 12.0 Å². The van der Waals surface area contributed by atoms with Gasteiger partial charge in [-0.05, 0) is 30.9 Å². The Morgan fingerprint density at radius 2 is 1.85 bits per heavy atom. The number of hydrogen-bond acceptors (Lipinski definition) is 6. The van der Waals surface area contributed by atoms with Gasteiger partial charge in [0.05, 0.1) is 30.3 Å². The molecule has 33 heavy (non-hydrogen) atoms. The van der Waals surface area contributed by atoms with Crippen molar-refractivity contribution in [3.8, 4) is 0 Å². The van der Waals surface area contributed by atoms with E-state index in [1.54, 1.807) is 13.0 Å². The van der Waals surface area contributed by atoms with Crippen LogP contribution in [0.3, 0.4) is 0 Å². The number of halogens is 1. The molecule has 2 heterocycles. The molecule has 0 saturated heterocycles. The van der Waals surface area contributed by atoms with Crippen LogP contribution in [-0.4, -0.2) is 35.1 Å². The normalized spacial score (nSPS) is 17.3. The van der Waals surface area contributed by atoms with Gasteiger partial charge in [0.1, 0.15) is 0 Å². The molecule has 0 unspecified atom stereocenters. The lowest BCUT2D eigenvalue weighted by molar-refractivity contribution is -0.139. The maximum atomic E-state index is 13.4. The Hall–Kier alpha value is -3.03. The van der Waals surface area contributed by atoms with Gasteiger partial charge in [0.25, 0.3) is 0 Å². The van der Waals surface area contributed by atoms with Crippen LogP contribution in [0.1, 0.15) is 37.4 Å². The topological polar surface area (TPSA) is 71.0 Å². The third kappa shape index (κ3) is 4.70. The number of nitrogens with one attached hydrogen (secondary N) is 1. The highest BCUT2D eigenvalue weighted by atomic mass is 35.5. The number of benzene rings is 2. The number of carbonyl (C=O) groups is 2. The Morgan fingerprint density at radius 3 is 2.55 bits per heavy atom. The van der Waals surface area contributed by atoms with Crippen molar-refractivity contribution in [3.05, 3.63) is 87.4 Å². The Balaban J connectivity index is 1.91. The van der Waals surface area contributed by atoms with Crippen LogP contribution in [0.2, 0.25) is 5.02 Å². The van der Waals surface area contributed by atoms with Gasteiger partial charge in [-0.3, -0.25) is 4.79 Å². The summed E-state index contributed by atoms with van der Waals surface area (Å²) >= 11 is 8.07. The molecule has 8 heteroatoms. The van der Waals surface area contributed by atoms with Crippen LogP contribution in [0.25, 0.3) is 5.70 Å². The lowest BCUT2D eigenvalue weighted by atomic mass is 9.91. The molecule has 1 atom stereocenters. The summed E-state index contributed by atoms with van der Waals surface area (Å²) in [6, 6.07) is 16.4. The standard InChI is InChI=1S/C25H24ClN3O3S/c1-3-27-20(30)14-17-15-33-25-28-22(16-10-6-5-7-11-16)21(24(31)32-4-2)23(29(17)25)18-12-8-9-13-19(18)26/h5-13,15,23H,3-4,14H2,1-2H3,(H,27,30)/t23-/m1/s1. The quantitative estimate of drug-likeness (QED) is 0.554. The summed E-state index contributed by atoms with van der Waals surface area (Å²) in [6.45, 7) is 4.42. The molecular formula is C25H24ClN3O3S. The van der Waals surface area contributed by atoms with E-state index in [0.29, 0.717) is 28.0 Å². The summed E-state index contributed by atoms with van der Waals surface area (Å²) in [5.41, 5.74) is 3.24. The second-order valence-electron chi connectivity index (χ2n) is 7.39. The SMILES string of the molecule is CCNC(=O)CC1=CSC2=NC(c3ccccc3)=C(C(=O)OCC)[C@@H](c3ccccc3Cl)N12. The summed E-state index contributed by atoms with van der Waals surface area (Å²) in [7, 11) is 0. The highest BCUT2D eigenvalue weighted by Crippen LogP contribution is 2.48. The molecule has 1 N–H and O–H groups in total. The average Bonchev–Trinajstić information content (AvgIpc) is 3.21. The maximum absolute atomic E-state index is 13.4. The number of hydrogen-bond donors (Lipinski definition) is 1. The van der Waals surface area contributed by atoms with Gasteiger partial charge in [-0.25, -0.2) is 9.79 Å². The summed E-state index contributed by atoms with van der Waals surface area (Å²) in [5, 5.41) is 5.96. The fourth-order valence-corrected chi connectivity index (χ4v) is 5.06. The Kier molecular flexibility index (Phi) is 7.20. The van der Waals surface area contributed by atoms with E-state index in [1.807, 2.05) is 65.8 Å². The van der Waals surface area contributed by atoms with Gasteiger partial charge in [-0.2, -0.15) is 0 Å². The maximum Gasteiger partial charge on any atom is 0.338 e. The van der Waals surface area contributed by atoms with Crippen LogP contribution < -0.4 is 5.32 Å². The predicted molar refractivity (Wildman–Crippen MR) is 132 cm³/mol. The largest absolute Gasteiger partial charge is 0.463 e. The number of esters is 1. The second-order valence-corrected chi connectivity index (χ2v) is 8.64. The van der Waals surface area contributed by atoms with Gasteiger partial charge in [-0.1, -0.05) is 71.9 Å². The van der Waals surface area contributed by atoms with Crippen molar-refractivity contribution < 1.29 is 14.3 Å². The van der Waals surface area contributed by atoms with Crippen molar-refractivity contribution >= 4 is 46.1 Å². The monoisotopic (exact) mass is 481 g/mol. The van der Waals surface area contributed by atoms with Crippen molar-refractivity contribution in [2.45, 2.75) is 26.3 Å². The number of rotatable bonds is 7. The van der Waals surface area contributed by atoms with E-state index in [-0.39, 0.29) is 18.9 Å². The molecule has 0 saturated carbocycles. The molecule has 2 aliphatic heterocycles. The van der Waals surface area contributed by atoms with E-state index in [4.69, 9.17) is 21.3 Å². The highest BCUT2D eigenvalue weighted by Gasteiger charge is 2.42. The van der Waals surface area contributed by atoms with Crippen molar-refractivity contribution in [1.29, 1.82) is 0 Å². The molecule has 2 aromatic carbocycles. The summed E-state index contributed by atoms with van der Waals surface area (Å²) in [6.07, 6.45) is 0.164. The summed E-state index contributed by atoms with van der Waals surface area (Å²) < 4.78 is 5.49. The zero-order valence-electron chi connectivity index (χ0n) is 18.4. The average molecular weight is 482 g/mol. The van der Waals surface area contributed by atoms with Gasteiger partial charge in [-0.15, -0.1) is 0 Å². The van der Waals surface area contributed by atoms with Crippen LogP contribution in [-0.2, 0) is 14.3 Å². The van der Waals surface area contributed by atoms with Gasteiger partial charge in [0.15, 0.2) is 5.17 Å². The number of thioether (sulfide) groups is 1. The van der Waals surface area contributed by atoms with E-state index in [1.165, 1.54) is 11.8 Å². The number of amidine groups is 1. The molecule has 2 aliphatic rings. The van der Waals surface area contributed by atoms with Crippen LogP contribution >= 0.6 is 23.4 Å². The van der Waals surface area contributed by atoms with Gasteiger partial charge in [0, 0.05) is 22.8 Å². The molecular weight excluding hydrogens is 458 g/mol. The zero-order valence-corrected chi connectivity index (χ0v) is 19.9. The lowest BCUT2D eigenvalue weighted by Crippen LogP contribution is -2.38. The minimum Gasteiger partial charge on any atom is -0.463 e. The first-order chi connectivity index (χ1) is 16.0. The molecule has 2 aromatic rings. The zero-order chi connectivity index (χ0) is 23.4. The molecule has 0 radical (unpaired) electrons. The fraction of sp³-hybridized carbons (Fsp3) is 0.240. The van der Waals surface area contributed by atoms with Crippen molar-refractivity contribution in [1.82, 2.24) is 10.2 Å². The molecule has 170 valence electrons. The molecule has 0 aliphatic carbocycles. The van der Waals surface area contributed by atoms with E-state index in [9.17, 15) is 9.59 Å². The molecule has 1 amide bonds. The lowest BCUT2D eigenvalue weighted by Gasteiger charge is -2.37. The molecule has 0 aromatic heterocycles. The van der Waals surface area contributed by atoms with Crippen molar-refractivity contribution in [3.63, 3.8) is 0 Å². The number of fused-ring (bicyclic) bond motifs is 1. The van der Waals surface area contributed by atoms with E-state index >= 15 is 0 Å². The van der Waals surface area contributed by atoms with Crippen LogP contribution in [0.15, 0.2) is 76.3 Å². The number of amides is 1. The summed E-state index contributed by atoms with van der Waals surface area (Å²) in [5.74, 6) is -0.558. The highest BCUT2D eigenvalue weighted by molar-refractivity contribution is 8.16. The van der Waals surface area contributed by atoms with Crippen LogP contribution in [0, 0.1) is 0 Å². The smallest absolute Gasteiger partial charge is 0.338 e. The Bertz CT molecular complexity index is 1160.